The summed E-state index contributed by atoms with van der Waals surface area (Å²) in [4.78, 5) is 12.5. The number of sulfonamides is 1. The van der Waals surface area contributed by atoms with Gasteiger partial charge in [0.25, 0.3) is 15.9 Å². The maximum Gasteiger partial charge on any atom is 0.265 e. The third kappa shape index (κ3) is 5.61. The highest BCUT2D eigenvalue weighted by molar-refractivity contribution is 9.10. The van der Waals surface area contributed by atoms with E-state index in [1.807, 2.05) is 25.1 Å². The van der Waals surface area contributed by atoms with Crippen LogP contribution in [0.5, 0.6) is 5.75 Å². The molecule has 0 spiro atoms. The van der Waals surface area contributed by atoms with Crippen molar-refractivity contribution in [1.82, 2.24) is 0 Å². The Morgan fingerprint density at radius 2 is 1.53 bits per heavy atom. The molecule has 0 fully saturated rings. The maximum atomic E-state index is 12.5. The quantitative estimate of drug-likeness (QED) is 0.491. The van der Waals surface area contributed by atoms with Crippen molar-refractivity contribution in [3.8, 4) is 5.75 Å². The minimum Gasteiger partial charge on any atom is -0.481 e. The molecule has 0 aliphatic carbocycles. The Balaban J connectivity index is 1.64. The molecular weight excluding hydrogens is 468 g/mol. The van der Waals surface area contributed by atoms with E-state index in [0.29, 0.717) is 17.1 Å². The van der Waals surface area contributed by atoms with E-state index < -0.39 is 16.1 Å². The van der Waals surface area contributed by atoms with Crippen LogP contribution in [0.4, 0.5) is 11.4 Å². The van der Waals surface area contributed by atoms with E-state index >= 15 is 0 Å². The summed E-state index contributed by atoms with van der Waals surface area (Å²) >= 11 is 3.31. The van der Waals surface area contributed by atoms with E-state index in [0.717, 1.165) is 10.0 Å². The molecule has 0 heterocycles. The van der Waals surface area contributed by atoms with Crippen LogP contribution in [0, 0.1) is 6.92 Å². The highest BCUT2D eigenvalue weighted by Gasteiger charge is 2.17. The lowest BCUT2D eigenvalue weighted by Gasteiger charge is -2.16. The minimum atomic E-state index is -3.74. The second kappa shape index (κ2) is 9.32. The van der Waals surface area contributed by atoms with Gasteiger partial charge in [0.1, 0.15) is 5.75 Å². The van der Waals surface area contributed by atoms with Gasteiger partial charge in [-0.1, -0.05) is 34.1 Å². The molecule has 3 aromatic rings. The molecule has 30 heavy (non-hydrogen) atoms. The van der Waals surface area contributed by atoms with Crippen LogP contribution >= 0.6 is 15.9 Å². The van der Waals surface area contributed by atoms with Crippen LogP contribution < -0.4 is 14.8 Å². The van der Waals surface area contributed by atoms with Crippen LogP contribution in [0.25, 0.3) is 0 Å². The smallest absolute Gasteiger partial charge is 0.265 e. The highest BCUT2D eigenvalue weighted by atomic mass is 79.9. The summed E-state index contributed by atoms with van der Waals surface area (Å²) in [6.45, 7) is 3.56. The second-order valence-corrected chi connectivity index (χ2v) is 9.25. The zero-order valence-electron chi connectivity index (χ0n) is 16.4. The van der Waals surface area contributed by atoms with Gasteiger partial charge in [-0.15, -0.1) is 0 Å². The normalized spacial score (nSPS) is 12.1. The van der Waals surface area contributed by atoms with Gasteiger partial charge < -0.3 is 10.1 Å². The Hall–Kier alpha value is -2.84. The monoisotopic (exact) mass is 488 g/mol. The number of carbonyl (C=O) groups excluding carboxylic acids is 1. The zero-order valence-corrected chi connectivity index (χ0v) is 18.8. The molecule has 3 aromatic carbocycles. The molecule has 2 N–H and O–H groups in total. The first-order valence-electron chi connectivity index (χ1n) is 9.16. The highest BCUT2D eigenvalue weighted by Crippen LogP contribution is 2.21. The molecule has 1 amide bonds. The molecule has 0 radical (unpaired) electrons. The lowest BCUT2D eigenvalue weighted by atomic mass is 10.2. The first kappa shape index (κ1) is 21.9. The van der Waals surface area contributed by atoms with Gasteiger partial charge >= 0.3 is 0 Å². The van der Waals surface area contributed by atoms with Crippen molar-refractivity contribution in [3.63, 3.8) is 0 Å². The average molecular weight is 489 g/mol. The minimum absolute atomic E-state index is 0.0904. The summed E-state index contributed by atoms with van der Waals surface area (Å²) in [5.74, 6) is 0.308. The van der Waals surface area contributed by atoms with Crippen LogP contribution in [-0.2, 0) is 14.8 Å². The van der Waals surface area contributed by atoms with Gasteiger partial charge in [-0.25, -0.2) is 8.42 Å². The summed E-state index contributed by atoms with van der Waals surface area (Å²) in [5.41, 5.74) is 1.87. The summed E-state index contributed by atoms with van der Waals surface area (Å²) < 4.78 is 34.1. The van der Waals surface area contributed by atoms with Crippen molar-refractivity contribution >= 4 is 43.2 Å². The number of halogens is 1. The number of benzene rings is 3. The standard InChI is InChI=1S/C22H21BrN2O4S/c1-15-5-3-4-6-21(15)29-16(2)22(26)24-18-11-13-20(14-12-18)30(27,28)25-19-9-7-17(23)8-10-19/h3-14,16,25H,1-2H3,(H,24,26)/t16-/m1/s1. The van der Waals surface area contributed by atoms with E-state index in [-0.39, 0.29) is 10.8 Å². The van der Waals surface area contributed by atoms with Crippen LogP contribution in [0.3, 0.4) is 0 Å². The Morgan fingerprint density at radius 1 is 0.933 bits per heavy atom. The third-order valence-corrected chi connectivity index (χ3v) is 6.22. The first-order chi connectivity index (χ1) is 14.2. The molecule has 8 heteroatoms. The first-order valence-corrected chi connectivity index (χ1v) is 11.4. The fourth-order valence-electron chi connectivity index (χ4n) is 2.63. The molecule has 0 aromatic heterocycles. The van der Waals surface area contributed by atoms with Crippen molar-refractivity contribution in [1.29, 1.82) is 0 Å². The SMILES string of the molecule is Cc1ccccc1O[C@H](C)C(=O)Nc1ccc(S(=O)(=O)Nc2ccc(Br)cc2)cc1. The molecule has 0 aliphatic heterocycles. The number of carbonyl (C=O) groups is 1. The number of hydrogen-bond acceptors (Lipinski definition) is 4. The predicted octanol–water partition coefficient (Wildman–Crippen LogP) is 4.96. The fraction of sp³-hybridized carbons (Fsp3) is 0.136. The van der Waals surface area contributed by atoms with Crippen LogP contribution in [0.2, 0.25) is 0 Å². The van der Waals surface area contributed by atoms with E-state index in [2.05, 4.69) is 26.0 Å². The van der Waals surface area contributed by atoms with Gasteiger partial charge in [0, 0.05) is 15.8 Å². The van der Waals surface area contributed by atoms with Crippen molar-refractivity contribution in [3.05, 3.63) is 82.8 Å². The van der Waals surface area contributed by atoms with Crippen molar-refractivity contribution in [2.24, 2.45) is 0 Å². The molecule has 0 saturated heterocycles. The number of hydrogen-bond donors (Lipinski definition) is 2. The summed E-state index contributed by atoms with van der Waals surface area (Å²) in [7, 11) is -3.74. The average Bonchev–Trinajstić information content (AvgIpc) is 2.71. The van der Waals surface area contributed by atoms with Gasteiger partial charge in [-0.05, 0) is 74.0 Å². The topological polar surface area (TPSA) is 84.5 Å². The predicted molar refractivity (Wildman–Crippen MR) is 121 cm³/mol. The number of para-hydroxylation sites is 1. The van der Waals surface area contributed by atoms with E-state index in [1.165, 1.54) is 24.3 Å². The summed E-state index contributed by atoms with van der Waals surface area (Å²) in [6.07, 6.45) is -0.714. The number of nitrogens with one attached hydrogen (secondary N) is 2. The number of rotatable bonds is 7. The Labute approximate surface area is 184 Å². The Morgan fingerprint density at radius 3 is 2.17 bits per heavy atom. The number of aryl methyl sites for hydroxylation is 1. The van der Waals surface area contributed by atoms with Crippen LogP contribution in [0.1, 0.15) is 12.5 Å². The largest absolute Gasteiger partial charge is 0.481 e. The Bertz CT molecular complexity index is 1130. The lowest BCUT2D eigenvalue weighted by molar-refractivity contribution is -0.122. The second-order valence-electron chi connectivity index (χ2n) is 6.65. The lowest BCUT2D eigenvalue weighted by Crippen LogP contribution is -2.30. The molecule has 0 saturated carbocycles. The van der Waals surface area contributed by atoms with Crippen molar-refractivity contribution < 1.29 is 17.9 Å². The molecule has 1 atom stereocenters. The molecule has 0 unspecified atom stereocenters. The molecule has 3 rings (SSSR count). The molecular formula is C22H21BrN2O4S. The van der Waals surface area contributed by atoms with Crippen LogP contribution in [-0.4, -0.2) is 20.4 Å². The van der Waals surface area contributed by atoms with E-state index in [4.69, 9.17) is 4.74 Å². The van der Waals surface area contributed by atoms with E-state index in [9.17, 15) is 13.2 Å². The number of ether oxygens (including phenoxy) is 1. The van der Waals surface area contributed by atoms with Gasteiger partial charge in [0.2, 0.25) is 0 Å². The molecule has 0 bridgehead atoms. The third-order valence-electron chi connectivity index (χ3n) is 4.30. The number of anilines is 2. The molecule has 0 aliphatic rings. The Kier molecular flexibility index (Phi) is 6.79. The molecule has 156 valence electrons. The van der Waals surface area contributed by atoms with Gasteiger partial charge in [-0.3, -0.25) is 9.52 Å². The molecule has 6 nitrogen and oxygen atoms in total. The number of amides is 1. The van der Waals surface area contributed by atoms with Gasteiger partial charge in [-0.2, -0.15) is 0 Å². The van der Waals surface area contributed by atoms with E-state index in [1.54, 1.807) is 37.3 Å². The maximum absolute atomic E-state index is 12.5. The summed E-state index contributed by atoms with van der Waals surface area (Å²) in [5, 5.41) is 2.73. The fourth-order valence-corrected chi connectivity index (χ4v) is 3.95. The van der Waals surface area contributed by atoms with Gasteiger partial charge in [0.15, 0.2) is 6.10 Å². The van der Waals surface area contributed by atoms with Crippen molar-refractivity contribution in [2.75, 3.05) is 10.0 Å². The zero-order chi connectivity index (χ0) is 21.7. The van der Waals surface area contributed by atoms with Crippen LogP contribution in [0.15, 0.2) is 82.2 Å². The van der Waals surface area contributed by atoms with Crippen molar-refractivity contribution in [2.45, 2.75) is 24.8 Å². The summed E-state index contributed by atoms with van der Waals surface area (Å²) in [6, 6.07) is 20.2. The van der Waals surface area contributed by atoms with Gasteiger partial charge in [0.05, 0.1) is 4.90 Å².